The van der Waals surface area contributed by atoms with Crippen molar-refractivity contribution in [3.05, 3.63) is 29.3 Å². The Kier molecular flexibility index (Phi) is 9.67. The first kappa shape index (κ1) is 25.0. The number of aliphatic carboxylic acids is 2. The van der Waals surface area contributed by atoms with Crippen molar-refractivity contribution in [1.29, 1.82) is 0 Å². The van der Waals surface area contributed by atoms with Crippen LogP contribution in [0.5, 0.6) is 5.75 Å². The summed E-state index contributed by atoms with van der Waals surface area (Å²) in [7, 11) is 0. The van der Waals surface area contributed by atoms with Crippen LogP contribution in [0.3, 0.4) is 0 Å². The lowest BCUT2D eigenvalue weighted by Gasteiger charge is -2.18. The predicted molar refractivity (Wildman–Crippen MR) is 115 cm³/mol. The third-order valence-electron chi connectivity index (χ3n) is 5.82. The molecule has 1 aromatic rings. The maximum atomic E-state index is 11.1. The molecule has 0 fully saturated rings. The molecule has 0 saturated heterocycles. The fourth-order valence-corrected chi connectivity index (χ4v) is 3.32. The maximum Gasteiger partial charge on any atom is 0.309 e. The Morgan fingerprint density at radius 1 is 0.759 bits per heavy atom. The Hall–Kier alpha value is -2.04. The summed E-state index contributed by atoms with van der Waals surface area (Å²) in [5.41, 5.74) is 0.683. The molecule has 0 radical (unpaired) electrons. The summed E-state index contributed by atoms with van der Waals surface area (Å²) in [5.74, 6) is -1.18. The number of unbranched alkanes of at least 4 members (excludes halogenated alkanes) is 4. The monoisotopic (exact) mass is 406 g/mol. The normalized spacial score (nSPS) is 12.1. The second-order valence-electron chi connectivity index (χ2n) is 9.46. The van der Waals surface area contributed by atoms with Gasteiger partial charge in [-0.05, 0) is 83.4 Å². The van der Waals surface area contributed by atoms with Crippen LogP contribution in [0.4, 0.5) is 0 Å². The van der Waals surface area contributed by atoms with Crippen LogP contribution >= 0.6 is 0 Å². The summed E-state index contributed by atoms with van der Waals surface area (Å²) >= 11 is 0. The van der Waals surface area contributed by atoms with E-state index in [1.54, 1.807) is 27.7 Å². The number of carboxylic acids is 2. The summed E-state index contributed by atoms with van der Waals surface area (Å²) in [6.45, 7) is 7.03. The number of benzene rings is 1. The zero-order valence-corrected chi connectivity index (χ0v) is 18.5. The Morgan fingerprint density at radius 3 is 1.76 bits per heavy atom. The zero-order chi connectivity index (χ0) is 22.1. The molecule has 0 unspecified atom stereocenters. The number of aromatic hydroxyl groups is 1. The van der Waals surface area contributed by atoms with E-state index in [2.05, 4.69) is 6.07 Å². The Balaban J connectivity index is 2.31. The standard InChI is InChI=1S/C24H38O5/c1-23(2,21(26)27)15-9-6-5-7-11-18-13-14-19(20(25)17-18)12-8-10-16-24(3,4)22(28)29/h13-14,17,25H,5-12,15-16H2,1-4H3,(H,26,27)(H,28,29). The van der Waals surface area contributed by atoms with Crippen molar-refractivity contribution in [2.75, 3.05) is 0 Å². The van der Waals surface area contributed by atoms with E-state index in [0.29, 0.717) is 18.6 Å². The number of hydrogen-bond acceptors (Lipinski definition) is 3. The minimum atomic E-state index is -0.768. The van der Waals surface area contributed by atoms with Gasteiger partial charge in [0.2, 0.25) is 0 Å². The van der Waals surface area contributed by atoms with E-state index in [1.165, 1.54) is 0 Å². The van der Waals surface area contributed by atoms with Crippen LogP contribution in [0.25, 0.3) is 0 Å². The molecule has 164 valence electrons. The van der Waals surface area contributed by atoms with E-state index in [9.17, 15) is 14.7 Å². The number of aryl methyl sites for hydroxylation is 2. The highest BCUT2D eigenvalue weighted by atomic mass is 16.4. The molecule has 0 spiro atoms. The van der Waals surface area contributed by atoms with Gasteiger partial charge in [-0.3, -0.25) is 9.59 Å². The lowest BCUT2D eigenvalue weighted by Crippen LogP contribution is -2.23. The third kappa shape index (κ3) is 8.88. The van der Waals surface area contributed by atoms with Gasteiger partial charge >= 0.3 is 11.9 Å². The van der Waals surface area contributed by atoms with Gasteiger partial charge in [-0.15, -0.1) is 0 Å². The third-order valence-corrected chi connectivity index (χ3v) is 5.82. The first-order chi connectivity index (χ1) is 13.5. The van der Waals surface area contributed by atoms with Crippen LogP contribution in [0.1, 0.15) is 90.2 Å². The summed E-state index contributed by atoms with van der Waals surface area (Å²) in [4.78, 5) is 22.2. The van der Waals surface area contributed by atoms with Crippen molar-refractivity contribution in [2.45, 2.75) is 91.9 Å². The highest BCUT2D eigenvalue weighted by Crippen LogP contribution is 2.27. The molecule has 0 saturated carbocycles. The van der Waals surface area contributed by atoms with Crippen molar-refractivity contribution in [3.63, 3.8) is 0 Å². The molecular weight excluding hydrogens is 368 g/mol. The second kappa shape index (κ2) is 11.2. The largest absolute Gasteiger partial charge is 0.508 e. The van der Waals surface area contributed by atoms with Crippen LogP contribution < -0.4 is 0 Å². The van der Waals surface area contributed by atoms with Gasteiger partial charge in [-0.1, -0.05) is 37.8 Å². The lowest BCUT2D eigenvalue weighted by atomic mass is 9.86. The van der Waals surface area contributed by atoms with Crippen LogP contribution in [-0.4, -0.2) is 27.3 Å². The SMILES string of the molecule is CC(C)(CCCCCCc1ccc(CCCCC(C)(C)C(=O)O)c(O)c1)C(=O)O. The molecule has 0 heterocycles. The van der Waals surface area contributed by atoms with Crippen LogP contribution in [0.15, 0.2) is 18.2 Å². The summed E-state index contributed by atoms with van der Waals surface area (Å²) in [6, 6.07) is 5.87. The highest BCUT2D eigenvalue weighted by molar-refractivity contribution is 5.73. The number of carboxylic acid groups (broad SMARTS) is 2. The van der Waals surface area contributed by atoms with E-state index < -0.39 is 22.8 Å². The summed E-state index contributed by atoms with van der Waals surface area (Å²) in [5, 5.41) is 28.5. The number of rotatable bonds is 14. The van der Waals surface area contributed by atoms with Crippen molar-refractivity contribution < 1.29 is 24.9 Å². The molecule has 5 heteroatoms. The fraction of sp³-hybridized carbons (Fsp3) is 0.667. The minimum Gasteiger partial charge on any atom is -0.508 e. The van der Waals surface area contributed by atoms with Gasteiger partial charge in [0.05, 0.1) is 10.8 Å². The van der Waals surface area contributed by atoms with E-state index in [1.807, 2.05) is 12.1 Å². The summed E-state index contributed by atoms with van der Waals surface area (Å²) < 4.78 is 0. The van der Waals surface area contributed by atoms with E-state index in [-0.39, 0.29) is 0 Å². The van der Waals surface area contributed by atoms with Crippen LogP contribution in [0.2, 0.25) is 0 Å². The smallest absolute Gasteiger partial charge is 0.309 e. The molecular formula is C24H38O5. The highest BCUT2D eigenvalue weighted by Gasteiger charge is 2.26. The van der Waals surface area contributed by atoms with E-state index >= 15 is 0 Å². The molecule has 0 aliphatic heterocycles. The van der Waals surface area contributed by atoms with E-state index in [4.69, 9.17) is 10.2 Å². The number of carbonyl (C=O) groups is 2. The van der Waals surface area contributed by atoms with Crippen molar-refractivity contribution >= 4 is 11.9 Å². The Bertz CT molecular complexity index is 676. The topological polar surface area (TPSA) is 94.8 Å². The second-order valence-corrected chi connectivity index (χ2v) is 9.46. The molecule has 5 nitrogen and oxygen atoms in total. The Labute approximate surface area is 175 Å². The van der Waals surface area contributed by atoms with Gasteiger partial charge in [0.1, 0.15) is 5.75 Å². The summed E-state index contributed by atoms with van der Waals surface area (Å²) in [6.07, 6.45) is 8.68. The van der Waals surface area contributed by atoms with Crippen molar-refractivity contribution in [3.8, 4) is 5.75 Å². The lowest BCUT2D eigenvalue weighted by molar-refractivity contribution is -0.148. The van der Waals surface area contributed by atoms with Gasteiger partial charge in [-0.2, -0.15) is 0 Å². The quantitative estimate of drug-likeness (QED) is 0.338. The molecule has 3 N–H and O–H groups in total. The fourth-order valence-electron chi connectivity index (χ4n) is 3.32. The molecule has 0 bridgehead atoms. The number of phenols is 1. The first-order valence-electron chi connectivity index (χ1n) is 10.7. The van der Waals surface area contributed by atoms with Gasteiger partial charge in [0.15, 0.2) is 0 Å². The average molecular weight is 407 g/mol. The maximum absolute atomic E-state index is 11.1. The molecule has 1 rings (SSSR count). The van der Waals surface area contributed by atoms with E-state index in [0.717, 1.165) is 62.5 Å². The first-order valence-corrected chi connectivity index (χ1v) is 10.7. The molecule has 0 aliphatic rings. The predicted octanol–water partition coefficient (Wildman–Crippen LogP) is 5.82. The van der Waals surface area contributed by atoms with Crippen LogP contribution in [-0.2, 0) is 22.4 Å². The molecule has 0 aliphatic carbocycles. The number of hydrogen-bond donors (Lipinski definition) is 3. The molecule has 0 aromatic heterocycles. The minimum absolute atomic E-state index is 0.322. The van der Waals surface area contributed by atoms with Gasteiger partial charge in [0.25, 0.3) is 0 Å². The number of phenolic OH excluding ortho intramolecular Hbond substituents is 1. The molecule has 29 heavy (non-hydrogen) atoms. The zero-order valence-electron chi connectivity index (χ0n) is 18.5. The Morgan fingerprint density at radius 2 is 1.24 bits per heavy atom. The molecule has 0 atom stereocenters. The van der Waals surface area contributed by atoms with Crippen molar-refractivity contribution in [1.82, 2.24) is 0 Å². The van der Waals surface area contributed by atoms with Crippen molar-refractivity contribution in [2.24, 2.45) is 10.8 Å². The van der Waals surface area contributed by atoms with Gasteiger partial charge < -0.3 is 15.3 Å². The van der Waals surface area contributed by atoms with Crippen LogP contribution in [0, 0.1) is 10.8 Å². The van der Waals surface area contributed by atoms with Gasteiger partial charge in [0, 0.05) is 0 Å². The average Bonchev–Trinajstić information content (AvgIpc) is 2.62. The molecule has 1 aromatic carbocycles. The molecule has 0 amide bonds. The van der Waals surface area contributed by atoms with Gasteiger partial charge in [-0.25, -0.2) is 0 Å².